The van der Waals surface area contributed by atoms with Crippen molar-refractivity contribution < 1.29 is 9.47 Å². The molecular weight excluding hydrogens is 188 g/mol. The Morgan fingerprint density at radius 3 is 1.60 bits per heavy atom. The molecule has 0 aliphatic carbocycles. The van der Waals surface area contributed by atoms with E-state index >= 15 is 0 Å². The summed E-state index contributed by atoms with van der Waals surface area (Å²) in [5, 5.41) is 0. The van der Waals surface area contributed by atoms with Gasteiger partial charge in [-0.05, 0) is 35.1 Å². The molecule has 15 heavy (non-hydrogen) atoms. The van der Waals surface area contributed by atoms with Crippen LogP contribution in [0.15, 0.2) is 12.1 Å². The predicted molar refractivity (Wildman–Crippen MR) is 60.7 cm³/mol. The molecule has 0 atom stereocenters. The summed E-state index contributed by atoms with van der Waals surface area (Å²) >= 11 is 0. The van der Waals surface area contributed by atoms with Gasteiger partial charge in [0.25, 0.3) is 0 Å². The second-order valence-electron chi connectivity index (χ2n) is 4.64. The normalized spacial score (nSPS) is 14.0. The fraction of sp³-hybridized carbons (Fsp3) is 0.538. The van der Waals surface area contributed by atoms with Crippen LogP contribution in [0.2, 0.25) is 0 Å². The maximum Gasteiger partial charge on any atom is 0.231 e. The smallest absolute Gasteiger partial charge is 0.231 e. The van der Waals surface area contributed by atoms with E-state index in [0.717, 1.165) is 11.5 Å². The highest BCUT2D eigenvalue weighted by Crippen LogP contribution is 2.39. The van der Waals surface area contributed by atoms with E-state index in [0.29, 0.717) is 18.6 Å². The third-order valence-electron chi connectivity index (χ3n) is 2.82. The van der Waals surface area contributed by atoms with Crippen molar-refractivity contribution in [2.24, 2.45) is 0 Å². The zero-order valence-corrected chi connectivity index (χ0v) is 9.83. The van der Waals surface area contributed by atoms with Gasteiger partial charge in [0.1, 0.15) is 0 Å². The van der Waals surface area contributed by atoms with Gasteiger partial charge in [-0.15, -0.1) is 0 Å². The van der Waals surface area contributed by atoms with Crippen LogP contribution in [0.3, 0.4) is 0 Å². The molecule has 2 rings (SSSR count). The molecule has 0 unspecified atom stereocenters. The first-order valence-corrected chi connectivity index (χ1v) is 5.53. The molecule has 2 heteroatoms. The van der Waals surface area contributed by atoms with Crippen LogP contribution in [-0.2, 0) is 0 Å². The first kappa shape index (κ1) is 10.3. The summed E-state index contributed by atoms with van der Waals surface area (Å²) in [6, 6.07) is 4.25. The molecule has 0 fully saturated rings. The van der Waals surface area contributed by atoms with E-state index in [9.17, 15) is 0 Å². The quantitative estimate of drug-likeness (QED) is 0.735. The van der Waals surface area contributed by atoms with E-state index in [1.54, 1.807) is 0 Å². The molecule has 1 aliphatic rings. The van der Waals surface area contributed by atoms with Crippen LogP contribution in [-0.4, -0.2) is 6.79 Å². The van der Waals surface area contributed by atoms with Crippen LogP contribution in [0.25, 0.3) is 0 Å². The molecule has 0 spiro atoms. The predicted octanol–water partition coefficient (Wildman–Crippen LogP) is 3.66. The average molecular weight is 206 g/mol. The fourth-order valence-corrected chi connectivity index (χ4v) is 1.97. The molecule has 1 aromatic rings. The highest BCUT2D eigenvalue weighted by molar-refractivity contribution is 5.50. The summed E-state index contributed by atoms with van der Waals surface area (Å²) in [7, 11) is 0. The monoisotopic (exact) mass is 206 g/mol. The summed E-state index contributed by atoms with van der Waals surface area (Å²) in [5.41, 5.74) is 2.74. The lowest BCUT2D eigenvalue weighted by atomic mass is 9.90. The Hall–Kier alpha value is -1.18. The van der Waals surface area contributed by atoms with Gasteiger partial charge in [0, 0.05) is 0 Å². The minimum atomic E-state index is 0.356. The molecule has 0 amide bonds. The van der Waals surface area contributed by atoms with Crippen LogP contribution < -0.4 is 9.47 Å². The maximum absolute atomic E-state index is 5.40. The van der Waals surface area contributed by atoms with Crippen LogP contribution in [0.4, 0.5) is 0 Å². The SMILES string of the molecule is CC(C)c1cc2c(cc1C(C)C)OCO2. The van der Waals surface area contributed by atoms with Gasteiger partial charge in [0.15, 0.2) is 11.5 Å². The molecule has 1 aliphatic heterocycles. The maximum atomic E-state index is 5.40. The summed E-state index contributed by atoms with van der Waals surface area (Å²) in [4.78, 5) is 0. The minimum absolute atomic E-state index is 0.356. The lowest BCUT2D eigenvalue weighted by Crippen LogP contribution is -1.98. The van der Waals surface area contributed by atoms with E-state index < -0.39 is 0 Å². The summed E-state index contributed by atoms with van der Waals surface area (Å²) in [5.74, 6) is 2.83. The minimum Gasteiger partial charge on any atom is -0.454 e. The fourth-order valence-electron chi connectivity index (χ4n) is 1.97. The van der Waals surface area contributed by atoms with Crippen molar-refractivity contribution in [1.82, 2.24) is 0 Å². The Morgan fingerprint density at radius 1 is 0.867 bits per heavy atom. The Kier molecular flexibility index (Phi) is 2.59. The van der Waals surface area contributed by atoms with Crippen LogP contribution in [0.5, 0.6) is 11.5 Å². The molecule has 0 saturated heterocycles. The van der Waals surface area contributed by atoms with Gasteiger partial charge in [-0.1, -0.05) is 27.7 Å². The number of hydrogen-bond acceptors (Lipinski definition) is 2. The Morgan fingerprint density at radius 2 is 1.27 bits per heavy atom. The lowest BCUT2D eigenvalue weighted by Gasteiger charge is -2.16. The summed E-state index contributed by atoms with van der Waals surface area (Å²) in [6.07, 6.45) is 0. The van der Waals surface area contributed by atoms with Crippen molar-refractivity contribution in [3.8, 4) is 11.5 Å². The van der Waals surface area contributed by atoms with Gasteiger partial charge in [-0.25, -0.2) is 0 Å². The van der Waals surface area contributed by atoms with Gasteiger partial charge in [0.05, 0.1) is 0 Å². The lowest BCUT2D eigenvalue weighted by molar-refractivity contribution is 0.174. The van der Waals surface area contributed by atoms with Crippen molar-refractivity contribution in [3.05, 3.63) is 23.3 Å². The van der Waals surface area contributed by atoms with Gasteiger partial charge in [0.2, 0.25) is 6.79 Å². The first-order valence-electron chi connectivity index (χ1n) is 5.53. The summed E-state index contributed by atoms with van der Waals surface area (Å²) in [6.45, 7) is 9.20. The Bertz CT molecular complexity index is 332. The zero-order valence-electron chi connectivity index (χ0n) is 9.83. The van der Waals surface area contributed by atoms with E-state index in [-0.39, 0.29) is 0 Å². The molecule has 2 nitrogen and oxygen atoms in total. The van der Waals surface area contributed by atoms with E-state index in [1.165, 1.54) is 11.1 Å². The van der Waals surface area contributed by atoms with E-state index in [1.807, 2.05) is 0 Å². The number of rotatable bonds is 2. The Balaban J connectivity index is 2.52. The average Bonchev–Trinajstić information content (AvgIpc) is 2.61. The second-order valence-corrected chi connectivity index (χ2v) is 4.64. The van der Waals surface area contributed by atoms with Gasteiger partial charge < -0.3 is 9.47 Å². The third-order valence-corrected chi connectivity index (χ3v) is 2.82. The van der Waals surface area contributed by atoms with Crippen LogP contribution in [0.1, 0.15) is 50.7 Å². The standard InChI is InChI=1S/C13H18O2/c1-8(2)10-5-12-13(15-7-14-12)6-11(10)9(3)4/h5-6,8-9H,7H2,1-4H3. The second kappa shape index (κ2) is 3.76. The van der Waals surface area contributed by atoms with Crippen molar-refractivity contribution in [3.63, 3.8) is 0 Å². The topological polar surface area (TPSA) is 18.5 Å². The van der Waals surface area contributed by atoms with E-state index in [2.05, 4.69) is 39.8 Å². The molecule has 1 heterocycles. The highest BCUT2D eigenvalue weighted by Gasteiger charge is 2.19. The number of ether oxygens (including phenoxy) is 2. The van der Waals surface area contributed by atoms with Crippen molar-refractivity contribution in [2.45, 2.75) is 39.5 Å². The third kappa shape index (κ3) is 1.81. The molecule has 0 saturated carbocycles. The number of benzene rings is 1. The van der Waals surface area contributed by atoms with E-state index in [4.69, 9.17) is 9.47 Å². The number of fused-ring (bicyclic) bond motifs is 1. The molecule has 0 aromatic heterocycles. The number of hydrogen-bond donors (Lipinski definition) is 0. The van der Waals surface area contributed by atoms with Crippen LogP contribution >= 0.6 is 0 Å². The van der Waals surface area contributed by atoms with Crippen LogP contribution in [0, 0.1) is 0 Å². The Labute approximate surface area is 91.2 Å². The summed E-state index contributed by atoms with van der Waals surface area (Å²) < 4.78 is 10.8. The molecule has 0 N–H and O–H groups in total. The molecule has 82 valence electrons. The molecular formula is C13H18O2. The van der Waals surface area contributed by atoms with Gasteiger partial charge in [-0.2, -0.15) is 0 Å². The first-order chi connectivity index (χ1) is 7.09. The molecule has 0 radical (unpaired) electrons. The van der Waals surface area contributed by atoms with Gasteiger partial charge in [-0.3, -0.25) is 0 Å². The van der Waals surface area contributed by atoms with Crippen molar-refractivity contribution in [2.75, 3.05) is 6.79 Å². The largest absolute Gasteiger partial charge is 0.454 e. The highest BCUT2D eigenvalue weighted by atomic mass is 16.7. The molecule has 0 bridgehead atoms. The van der Waals surface area contributed by atoms with Crippen molar-refractivity contribution in [1.29, 1.82) is 0 Å². The molecule has 1 aromatic carbocycles. The zero-order chi connectivity index (χ0) is 11.0. The van der Waals surface area contributed by atoms with Gasteiger partial charge >= 0.3 is 0 Å². The van der Waals surface area contributed by atoms with Crippen molar-refractivity contribution >= 4 is 0 Å².